The van der Waals surface area contributed by atoms with Crippen LogP contribution in [-0.2, 0) is 52.2 Å². The molecule has 13 heteroatoms. The summed E-state index contributed by atoms with van der Waals surface area (Å²) in [4.78, 5) is 25.2. The Kier molecular flexibility index (Phi) is 19.0. The van der Waals surface area contributed by atoms with E-state index >= 15 is 0 Å². The van der Waals surface area contributed by atoms with Crippen LogP contribution < -0.4 is 0 Å². The van der Waals surface area contributed by atoms with Crippen LogP contribution >= 0.6 is 0 Å². The standard InChI is InChI=1S/C28H54O13/c1-10-35-24(36-11-2)26(33-8,37-12-3)25(23(31)32,21-19-17-18-20-22(29)30)27(34-9,38-13-4)28(39-14-5,40-15-6)41-16-7/h24H,10-21H2,1-9H3,(H,29,30)(H,31,32). The van der Waals surface area contributed by atoms with Gasteiger partial charge in [-0.1, -0.05) is 12.8 Å². The molecule has 0 amide bonds. The van der Waals surface area contributed by atoms with E-state index in [0.29, 0.717) is 12.8 Å². The molecule has 13 nitrogen and oxygen atoms in total. The van der Waals surface area contributed by atoms with Crippen molar-refractivity contribution in [1.29, 1.82) is 0 Å². The van der Waals surface area contributed by atoms with Crippen LogP contribution in [0.4, 0.5) is 0 Å². The quantitative estimate of drug-likeness (QED) is 0.103. The average molecular weight is 599 g/mol. The minimum Gasteiger partial charge on any atom is -0.481 e. The SMILES string of the molecule is CCOC(OCC)C(OC)(OCC)C(CCCCCC(=O)O)(C(=O)O)C(OC)(OCC)C(OCC)(OCC)OCC. The van der Waals surface area contributed by atoms with Crippen LogP contribution in [0.2, 0.25) is 0 Å². The second-order valence-corrected chi connectivity index (χ2v) is 8.82. The van der Waals surface area contributed by atoms with E-state index in [4.69, 9.17) is 47.7 Å². The van der Waals surface area contributed by atoms with Gasteiger partial charge >= 0.3 is 17.9 Å². The van der Waals surface area contributed by atoms with Gasteiger partial charge in [0.15, 0.2) is 5.41 Å². The molecule has 0 rings (SSSR count). The number of methoxy groups -OCH3 is 2. The van der Waals surface area contributed by atoms with Crippen molar-refractivity contribution < 1.29 is 62.4 Å². The molecule has 0 fully saturated rings. The average Bonchev–Trinajstić information content (AvgIpc) is 2.93. The van der Waals surface area contributed by atoms with Crippen molar-refractivity contribution in [2.45, 2.75) is 104 Å². The summed E-state index contributed by atoms with van der Waals surface area (Å²) in [6.07, 6.45) is -0.838. The highest BCUT2D eigenvalue weighted by Crippen LogP contribution is 2.58. The zero-order chi connectivity index (χ0) is 31.6. The molecule has 3 atom stereocenters. The Balaban J connectivity index is 8.11. The summed E-state index contributed by atoms with van der Waals surface area (Å²) in [7, 11) is 2.56. The van der Waals surface area contributed by atoms with E-state index in [0.717, 1.165) is 0 Å². The molecule has 0 aliphatic rings. The first kappa shape index (κ1) is 39.6. The van der Waals surface area contributed by atoms with Crippen molar-refractivity contribution in [3.63, 3.8) is 0 Å². The molecular formula is C28H54O13. The lowest BCUT2D eigenvalue weighted by atomic mass is 9.65. The zero-order valence-corrected chi connectivity index (χ0v) is 26.4. The maximum absolute atomic E-state index is 14.0. The van der Waals surface area contributed by atoms with Crippen LogP contribution in [0.25, 0.3) is 0 Å². The van der Waals surface area contributed by atoms with Gasteiger partial charge in [-0.2, -0.15) is 0 Å². The third kappa shape index (κ3) is 8.36. The molecular weight excluding hydrogens is 544 g/mol. The van der Waals surface area contributed by atoms with Crippen molar-refractivity contribution >= 4 is 11.9 Å². The molecule has 0 spiro atoms. The molecule has 0 aliphatic carbocycles. The summed E-state index contributed by atoms with van der Waals surface area (Å²) < 4.78 is 55.1. The summed E-state index contributed by atoms with van der Waals surface area (Å²) >= 11 is 0. The first-order valence-electron chi connectivity index (χ1n) is 14.5. The molecule has 0 aromatic carbocycles. The molecule has 3 unspecified atom stereocenters. The Morgan fingerprint density at radius 2 is 1.12 bits per heavy atom. The fourth-order valence-electron chi connectivity index (χ4n) is 5.33. The molecule has 0 heterocycles. The fourth-order valence-corrected chi connectivity index (χ4v) is 5.33. The molecule has 0 saturated heterocycles. The third-order valence-electron chi connectivity index (χ3n) is 6.61. The largest absolute Gasteiger partial charge is 0.481 e. The number of unbranched alkanes of at least 4 members (excludes halogenated alkanes) is 2. The Bertz CT molecular complexity index is 713. The van der Waals surface area contributed by atoms with Gasteiger partial charge in [0.25, 0.3) is 5.79 Å². The van der Waals surface area contributed by atoms with Gasteiger partial charge < -0.3 is 52.8 Å². The number of aliphatic carboxylic acids is 2. The number of carbonyl (C=O) groups is 2. The van der Waals surface area contributed by atoms with Crippen LogP contribution in [0.3, 0.4) is 0 Å². The Morgan fingerprint density at radius 3 is 1.46 bits per heavy atom. The summed E-state index contributed by atoms with van der Waals surface area (Å²) in [5.74, 6) is -9.26. The molecule has 0 aromatic heterocycles. The Hall–Kier alpha value is -1.42. The minimum atomic E-state index is -2.40. The monoisotopic (exact) mass is 598 g/mol. The van der Waals surface area contributed by atoms with E-state index in [9.17, 15) is 14.7 Å². The molecule has 0 aliphatic heterocycles. The van der Waals surface area contributed by atoms with Crippen molar-refractivity contribution in [2.24, 2.45) is 5.41 Å². The van der Waals surface area contributed by atoms with Gasteiger partial charge in [-0.15, -0.1) is 0 Å². The molecule has 0 saturated carbocycles. The van der Waals surface area contributed by atoms with Gasteiger partial charge in [-0.3, -0.25) is 9.59 Å². The molecule has 41 heavy (non-hydrogen) atoms. The summed E-state index contributed by atoms with van der Waals surface area (Å²) in [5.41, 5.74) is -2.37. The van der Waals surface area contributed by atoms with Crippen molar-refractivity contribution in [2.75, 3.05) is 60.5 Å². The maximum Gasteiger partial charge on any atom is 0.342 e. The highest BCUT2D eigenvalue weighted by molar-refractivity contribution is 5.78. The van der Waals surface area contributed by atoms with Crippen LogP contribution in [0, 0.1) is 5.41 Å². The van der Waals surface area contributed by atoms with E-state index in [1.807, 2.05) is 0 Å². The predicted octanol–water partition coefficient (Wildman–Crippen LogP) is 4.01. The van der Waals surface area contributed by atoms with Gasteiger partial charge in [-0.25, -0.2) is 0 Å². The van der Waals surface area contributed by atoms with Crippen LogP contribution in [-0.4, -0.2) is 106 Å². The van der Waals surface area contributed by atoms with E-state index in [1.54, 1.807) is 48.5 Å². The number of hydrogen-bond acceptors (Lipinski definition) is 11. The predicted molar refractivity (Wildman–Crippen MR) is 148 cm³/mol. The highest BCUT2D eigenvalue weighted by atomic mass is 16.9. The van der Waals surface area contributed by atoms with Gasteiger partial charge in [0.05, 0.1) is 0 Å². The topological polar surface area (TPSA) is 158 Å². The number of rotatable bonds is 27. The van der Waals surface area contributed by atoms with Crippen LogP contribution in [0.15, 0.2) is 0 Å². The van der Waals surface area contributed by atoms with Crippen LogP contribution in [0.1, 0.15) is 80.6 Å². The number of hydrogen-bond donors (Lipinski definition) is 2. The van der Waals surface area contributed by atoms with Crippen molar-refractivity contribution in [1.82, 2.24) is 0 Å². The number of carboxylic acid groups (broad SMARTS) is 2. The Labute approximate surface area is 245 Å². The Morgan fingerprint density at radius 1 is 0.634 bits per heavy atom. The van der Waals surface area contributed by atoms with Gasteiger partial charge in [-0.05, 0) is 61.3 Å². The van der Waals surface area contributed by atoms with E-state index < -0.39 is 41.2 Å². The van der Waals surface area contributed by atoms with Gasteiger partial charge in [0, 0.05) is 66.9 Å². The highest BCUT2D eigenvalue weighted by Gasteiger charge is 2.82. The van der Waals surface area contributed by atoms with E-state index in [-0.39, 0.29) is 65.5 Å². The molecule has 0 radical (unpaired) electrons. The summed E-state index contributed by atoms with van der Waals surface area (Å²) in [6, 6.07) is 0. The normalized spacial score (nSPS) is 16.7. The molecule has 2 N–H and O–H groups in total. The minimum absolute atomic E-state index is 0.0185. The van der Waals surface area contributed by atoms with Crippen molar-refractivity contribution in [3.8, 4) is 0 Å². The van der Waals surface area contributed by atoms with Crippen molar-refractivity contribution in [3.05, 3.63) is 0 Å². The second kappa shape index (κ2) is 19.7. The lowest BCUT2D eigenvalue weighted by Crippen LogP contribution is -2.80. The summed E-state index contributed by atoms with van der Waals surface area (Å²) in [6.45, 7) is 12.1. The molecule has 0 bridgehead atoms. The van der Waals surface area contributed by atoms with Gasteiger partial charge in [0.1, 0.15) is 0 Å². The smallest absolute Gasteiger partial charge is 0.342 e. The first-order chi connectivity index (χ1) is 19.6. The fraction of sp³-hybridized carbons (Fsp3) is 0.929. The molecule has 0 aromatic rings. The third-order valence-corrected chi connectivity index (χ3v) is 6.61. The summed E-state index contributed by atoms with van der Waals surface area (Å²) in [5, 5.41) is 20.6. The van der Waals surface area contributed by atoms with E-state index in [1.165, 1.54) is 14.2 Å². The maximum atomic E-state index is 14.0. The lowest BCUT2D eigenvalue weighted by molar-refractivity contribution is -0.539. The lowest BCUT2D eigenvalue weighted by Gasteiger charge is -2.59. The van der Waals surface area contributed by atoms with Gasteiger partial charge in [0.2, 0.25) is 12.1 Å². The number of carboxylic acids is 2. The second-order valence-electron chi connectivity index (χ2n) is 8.82. The van der Waals surface area contributed by atoms with Crippen LogP contribution in [0.5, 0.6) is 0 Å². The molecule has 244 valence electrons. The number of ether oxygens (including phenoxy) is 9. The van der Waals surface area contributed by atoms with E-state index in [2.05, 4.69) is 0 Å². The first-order valence-corrected chi connectivity index (χ1v) is 14.5. The zero-order valence-electron chi connectivity index (χ0n) is 26.4.